The van der Waals surface area contributed by atoms with Crippen LogP contribution in [0, 0.1) is 5.92 Å². The zero-order chi connectivity index (χ0) is 17.5. The zero-order valence-corrected chi connectivity index (χ0v) is 14.0. The summed E-state index contributed by atoms with van der Waals surface area (Å²) in [6.07, 6.45) is 0.213. The summed E-state index contributed by atoms with van der Waals surface area (Å²) < 4.78 is 0. The minimum Gasteiger partial charge on any atom is -0.480 e. The third kappa shape index (κ3) is 4.69. The van der Waals surface area contributed by atoms with Crippen molar-refractivity contribution in [1.29, 1.82) is 0 Å². The van der Waals surface area contributed by atoms with Crippen LogP contribution in [0.4, 0.5) is 0 Å². The monoisotopic (exact) mass is 325 g/mol. The van der Waals surface area contributed by atoms with E-state index >= 15 is 0 Å². The molecule has 2 N–H and O–H groups in total. The summed E-state index contributed by atoms with van der Waals surface area (Å²) in [5, 5.41) is 11.9. The fourth-order valence-corrected chi connectivity index (χ4v) is 2.73. The molecule has 2 rings (SSSR count). The molecule has 24 heavy (non-hydrogen) atoms. The van der Waals surface area contributed by atoms with Gasteiger partial charge >= 0.3 is 5.97 Å². The largest absolute Gasteiger partial charge is 0.480 e. The molecule has 0 aliphatic rings. The first-order chi connectivity index (χ1) is 11.5. The van der Waals surface area contributed by atoms with Gasteiger partial charge < -0.3 is 10.4 Å². The first-order valence-corrected chi connectivity index (χ1v) is 8.11. The number of carboxylic acid groups (broad SMARTS) is 1. The third-order valence-corrected chi connectivity index (χ3v) is 4.04. The van der Waals surface area contributed by atoms with E-state index in [0.717, 1.165) is 11.1 Å². The summed E-state index contributed by atoms with van der Waals surface area (Å²) in [6, 6.07) is 18.7. The van der Waals surface area contributed by atoms with Crippen LogP contribution in [0.3, 0.4) is 0 Å². The maximum atomic E-state index is 12.4. The predicted octanol–water partition coefficient (Wildman–Crippen LogP) is 3.43. The van der Waals surface area contributed by atoms with Gasteiger partial charge in [0.1, 0.15) is 6.04 Å². The highest BCUT2D eigenvalue weighted by Crippen LogP contribution is 2.27. The fraction of sp³-hybridized carbons (Fsp3) is 0.300. The summed E-state index contributed by atoms with van der Waals surface area (Å²) in [5.74, 6) is -1.53. The Morgan fingerprint density at radius 1 is 0.917 bits per heavy atom. The Kier molecular flexibility index (Phi) is 6.13. The number of hydrogen-bond acceptors (Lipinski definition) is 2. The van der Waals surface area contributed by atoms with Gasteiger partial charge in [-0.05, 0) is 17.0 Å². The Morgan fingerprint density at radius 3 is 1.75 bits per heavy atom. The number of nitrogens with one attached hydrogen (secondary N) is 1. The quantitative estimate of drug-likeness (QED) is 0.819. The fourth-order valence-electron chi connectivity index (χ4n) is 2.73. The lowest BCUT2D eigenvalue weighted by Gasteiger charge is -2.21. The molecule has 0 bridgehead atoms. The second kappa shape index (κ2) is 8.29. The molecule has 0 aromatic heterocycles. The number of carbonyl (C=O) groups is 2. The van der Waals surface area contributed by atoms with Crippen molar-refractivity contribution in [1.82, 2.24) is 5.32 Å². The molecule has 0 spiro atoms. The van der Waals surface area contributed by atoms with Crippen LogP contribution < -0.4 is 5.32 Å². The Hall–Kier alpha value is -2.62. The summed E-state index contributed by atoms with van der Waals surface area (Å²) in [7, 11) is 0. The van der Waals surface area contributed by atoms with Gasteiger partial charge in [-0.25, -0.2) is 4.79 Å². The molecule has 0 radical (unpaired) electrons. The van der Waals surface area contributed by atoms with Gasteiger partial charge in [0, 0.05) is 12.3 Å². The topological polar surface area (TPSA) is 66.4 Å². The molecule has 0 aliphatic carbocycles. The molecule has 0 heterocycles. The SMILES string of the molecule is CC(C)[C@@H](NC(=O)CC(c1ccccc1)c1ccccc1)C(=O)O. The molecule has 0 saturated heterocycles. The highest BCUT2D eigenvalue weighted by molar-refractivity contribution is 5.84. The Morgan fingerprint density at radius 2 is 1.38 bits per heavy atom. The number of rotatable bonds is 7. The van der Waals surface area contributed by atoms with Gasteiger partial charge in [-0.3, -0.25) is 4.79 Å². The lowest BCUT2D eigenvalue weighted by Crippen LogP contribution is -2.44. The molecule has 126 valence electrons. The van der Waals surface area contributed by atoms with Crippen LogP contribution in [0.1, 0.15) is 37.3 Å². The highest BCUT2D eigenvalue weighted by atomic mass is 16.4. The molecule has 1 amide bonds. The molecule has 0 aliphatic heterocycles. The van der Waals surface area contributed by atoms with Crippen molar-refractivity contribution in [3.63, 3.8) is 0 Å². The lowest BCUT2D eigenvalue weighted by atomic mass is 9.88. The second-order valence-electron chi connectivity index (χ2n) is 6.21. The van der Waals surface area contributed by atoms with Gasteiger partial charge in [-0.15, -0.1) is 0 Å². The molecule has 1 atom stereocenters. The number of carbonyl (C=O) groups excluding carboxylic acids is 1. The standard InChI is InChI=1S/C20H23NO3/c1-14(2)19(20(23)24)21-18(22)13-17(15-9-5-3-6-10-15)16-11-7-4-8-12-16/h3-12,14,17,19H,13H2,1-2H3,(H,21,22)(H,23,24)/t19-/m1/s1. The average molecular weight is 325 g/mol. The Labute approximate surface area is 142 Å². The van der Waals surface area contributed by atoms with Gasteiger partial charge in [0.2, 0.25) is 5.91 Å². The van der Waals surface area contributed by atoms with Crippen LogP contribution >= 0.6 is 0 Å². The van der Waals surface area contributed by atoms with E-state index in [-0.39, 0.29) is 24.2 Å². The van der Waals surface area contributed by atoms with Crippen LogP contribution in [-0.4, -0.2) is 23.0 Å². The van der Waals surface area contributed by atoms with E-state index in [1.165, 1.54) is 0 Å². The van der Waals surface area contributed by atoms with E-state index in [0.29, 0.717) is 0 Å². The first-order valence-electron chi connectivity index (χ1n) is 8.11. The Bertz CT molecular complexity index is 628. The first kappa shape index (κ1) is 17.7. The zero-order valence-electron chi connectivity index (χ0n) is 14.0. The van der Waals surface area contributed by atoms with Gasteiger partial charge in [0.25, 0.3) is 0 Å². The number of carboxylic acids is 1. The van der Waals surface area contributed by atoms with Crippen LogP contribution in [0.15, 0.2) is 60.7 Å². The van der Waals surface area contributed by atoms with E-state index in [2.05, 4.69) is 5.32 Å². The number of amides is 1. The van der Waals surface area contributed by atoms with E-state index in [1.807, 2.05) is 60.7 Å². The van der Waals surface area contributed by atoms with Crippen LogP contribution in [0.5, 0.6) is 0 Å². The smallest absolute Gasteiger partial charge is 0.326 e. The lowest BCUT2D eigenvalue weighted by molar-refractivity contribution is -0.143. The normalized spacial score (nSPS) is 12.2. The maximum absolute atomic E-state index is 12.4. The molecule has 0 fully saturated rings. The van der Waals surface area contributed by atoms with Crippen LogP contribution in [0.2, 0.25) is 0 Å². The van der Waals surface area contributed by atoms with Crippen molar-refractivity contribution in [2.24, 2.45) is 5.92 Å². The van der Waals surface area contributed by atoms with Crippen molar-refractivity contribution in [2.45, 2.75) is 32.2 Å². The van der Waals surface area contributed by atoms with E-state index < -0.39 is 12.0 Å². The molecule has 0 unspecified atom stereocenters. The minimum atomic E-state index is -1.01. The van der Waals surface area contributed by atoms with E-state index in [4.69, 9.17) is 0 Å². The predicted molar refractivity (Wildman–Crippen MR) is 93.7 cm³/mol. The van der Waals surface area contributed by atoms with E-state index in [1.54, 1.807) is 13.8 Å². The van der Waals surface area contributed by atoms with Gasteiger partial charge in [-0.1, -0.05) is 74.5 Å². The van der Waals surface area contributed by atoms with Crippen molar-refractivity contribution < 1.29 is 14.7 Å². The highest BCUT2D eigenvalue weighted by Gasteiger charge is 2.25. The van der Waals surface area contributed by atoms with E-state index in [9.17, 15) is 14.7 Å². The summed E-state index contributed by atoms with van der Waals surface area (Å²) in [4.78, 5) is 23.7. The van der Waals surface area contributed by atoms with Crippen LogP contribution in [0.25, 0.3) is 0 Å². The van der Waals surface area contributed by atoms with Gasteiger partial charge in [0.05, 0.1) is 0 Å². The van der Waals surface area contributed by atoms with Crippen molar-refractivity contribution >= 4 is 11.9 Å². The average Bonchev–Trinajstić information content (AvgIpc) is 2.58. The second-order valence-corrected chi connectivity index (χ2v) is 6.21. The number of hydrogen-bond donors (Lipinski definition) is 2. The Balaban J connectivity index is 2.20. The summed E-state index contributed by atoms with van der Waals surface area (Å²) >= 11 is 0. The minimum absolute atomic E-state index is 0.103. The van der Waals surface area contributed by atoms with Gasteiger partial charge in [-0.2, -0.15) is 0 Å². The molecule has 4 nitrogen and oxygen atoms in total. The third-order valence-electron chi connectivity index (χ3n) is 4.04. The number of aliphatic carboxylic acids is 1. The molecule has 2 aromatic rings. The van der Waals surface area contributed by atoms with Crippen molar-refractivity contribution in [2.75, 3.05) is 0 Å². The number of benzene rings is 2. The molecule has 2 aromatic carbocycles. The summed E-state index contributed by atoms with van der Waals surface area (Å²) in [6.45, 7) is 3.57. The molecule has 0 saturated carbocycles. The maximum Gasteiger partial charge on any atom is 0.326 e. The molecule has 4 heteroatoms. The van der Waals surface area contributed by atoms with Crippen molar-refractivity contribution in [3.8, 4) is 0 Å². The molecular formula is C20H23NO3. The molecular weight excluding hydrogens is 302 g/mol. The van der Waals surface area contributed by atoms with Gasteiger partial charge in [0.15, 0.2) is 0 Å². The van der Waals surface area contributed by atoms with Crippen molar-refractivity contribution in [3.05, 3.63) is 71.8 Å². The summed E-state index contributed by atoms with van der Waals surface area (Å²) in [5.41, 5.74) is 2.07. The van der Waals surface area contributed by atoms with Crippen LogP contribution in [-0.2, 0) is 9.59 Å².